The normalized spacial score (nSPS) is 18.8. The van der Waals surface area contributed by atoms with Gasteiger partial charge in [0.2, 0.25) is 5.91 Å². The van der Waals surface area contributed by atoms with Crippen LogP contribution in [0.15, 0.2) is 48.5 Å². The second-order valence-electron chi connectivity index (χ2n) is 6.49. The lowest BCUT2D eigenvalue weighted by Gasteiger charge is -2.49. The van der Waals surface area contributed by atoms with Gasteiger partial charge in [-0.2, -0.15) is 0 Å². The number of methoxy groups -OCH3 is 1. The van der Waals surface area contributed by atoms with E-state index in [0.717, 1.165) is 5.56 Å². The van der Waals surface area contributed by atoms with Crippen LogP contribution in [0.2, 0.25) is 0 Å². The van der Waals surface area contributed by atoms with Crippen LogP contribution < -0.4 is 10.1 Å². The van der Waals surface area contributed by atoms with Gasteiger partial charge < -0.3 is 15.0 Å². The number of halogens is 1. The number of para-hydroxylation sites is 1. The zero-order chi connectivity index (χ0) is 18.7. The summed E-state index contributed by atoms with van der Waals surface area (Å²) in [5.74, 6) is -0.358. The van der Waals surface area contributed by atoms with Crippen LogP contribution >= 0.6 is 0 Å². The number of nitrogens with zero attached hydrogens (tertiary/aromatic N) is 1. The molecule has 0 aromatic heterocycles. The monoisotopic (exact) mass is 356 g/mol. The molecule has 1 aliphatic heterocycles. The van der Waals surface area contributed by atoms with E-state index in [2.05, 4.69) is 5.32 Å². The van der Waals surface area contributed by atoms with E-state index in [1.54, 1.807) is 20.1 Å². The highest BCUT2D eigenvalue weighted by molar-refractivity contribution is 6.00. The molecule has 5 nitrogen and oxygen atoms in total. The molecule has 0 bridgehead atoms. The molecule has 2 amide bonds. The molecule has 0 saturated carbocycles. The fraction of sp³-hybridized carbons (Fsp3) is 0.300. The molecular formula is C20H21FN2O3. The average molecular weight is 356 g/mol. The smallest absolute Gasteiger partial charge is 0.254 e. The molecule has 2 aromatic rings. The number of hydrogen-bond donors (Lipinski definition) is 1. The van der Waals surface area contributed by atoms with Crippen molar-refractivity contribution >= 4 is 11.8 Å². The number of carbonyl (C=O) groups is 2. The summed E-state index contributed by atoms with van der Waals surface area (Å²) in [6, 6.07) is 12.9. The number of benzene rings is 2. The van der Waals surface area contributed by atoms with Crippen LogP contribution in [0.4, 0.5) is 4.39 Å². The average Bonchev–Trinajstić information content (AvgIpc) is 2.64. The Morgan fingerprint density at radius 3 is 2.65 bits per heavy atom. The maximum absolute atomic E-state index is 13.4. The maximum atomic E-state index is 13.4. The predicted octanol–water partition coefficient (Wildman–Crippen LogP) is 2.76. The fourth-order valence-electron chi connectivity index (χ4n) is 3.11. The Kier molecular flexibility index (Phi) is 4.93. The van der Waals surface area contributed by atoms with Gasteiger partial charge in [-0.15, -0.1) is 0 Å². The van der Waals surface area contributed by atoms with Crippen molar-refractivity contribution < 1.29 is 18.7 Å². The number of hydrogen-bond acceptors (Lipinski definition) is 3. The molecule has 3 rings (SSSR count). The van der Waals surface area contributed by atoms with E-state index in [0.29, 0.717) is 25.3 Å². The number of rotatable bonds is 5. The van der Waals surface area contributed by atoms with Crippen LogP contribution in [0, 0.1) is 5.82 Å². The van der Waals surface area contributed by atoms with Gasteiger partial charge in [-0.3, -0.25) is 9.59 Å². The first kappa shape index (κ1) is 17.9. The van der Waals surface area contributed by atoms with Gasteiger partial charge in [-0.1, -0.05) is 24.3 Å². The highest BCUT2D eigenvalue weighted by atomic mass is 19.1. The molecule has 136 valence electrons. The minimum atomic E-state index is -0.939. The molecule has 1 atom stereocenters. The second kappa shape index (κ2) is 7.15. The number of carbonyl (C=O) groups excluding carboxylic acids is 2. The summed E-state index contributed by atoms with van der Waals surface area (Å²) in [6.45, 7) is 2.50. The Labute approximate surface area is 151 Å². The van der Waals surface area contributed by atoms with Crippen LogP contribution in [0.1, 0.15) is 29.3 Å². The SMILES string of the molecule is COc1ccccc1CNC(=O)C1(C)CCN1C(=O)c1cccc(F)c1. The number of amides is 2. The Balaban J connectivity index is 1.69. The van der Waals surface area contributed by atoms with Gasteiger partial charge in [0.25, 0.3) is 5.91 Å². The van der Waals surface area contributed by atoms with E-state index in [1.165, 1.54) is 23.1 Å². The minimum absolute atomic E-state index is 0.237. The first-order valence-electron chi connectivity index (χ1n) is 8.43. The lowest BCUT2D eigenvalue weighted by Crippen LogP contribution is -2.67. The van der Waals surface area contributed by atoms with Crippen LogP contribution in [0.3, 0.4) is 0 Å². The summed E-state index contributed by atoms with van der Waals surface area (Å²) in [4.78, 5) is 26.8. The highest BCUT2D eigenvalue weighted by Crippen LogP contribution is 2.32. The van der Waals surface area contributed by atoms with Crippen LogP contribution in [0.25, 0.3) is 0 Å². The van der Waals surface area contributed by atoms with E-state index in [4.69, 9.17) is 4.74 Å². The quantitative estimate of drug-likeness (QED) is 0.896. The predicted molar refractivity (Wildman–Crippen MR) is 95.3 cm³/mol. The molecule has 0 aliphatic carbocycles. The first-order valence-corrected chi connectivity index (χ1v) is 8.43. The number of likely N-dealkylation sites (tertiary alicyclic amines) is 1. The van der Waals surface area contributed by atoms with E-state index >= 15 is 0 Å². The van der Waals surface area contributed by atoms with Gasteiger partial charge in [0.15, 0.2) is 0 Å². The van der Waals surface area contributed by atoms with E-state index in [1.807, 2.05) is 24.3 Å². The summed E-state index contributed by atoms with van der Waals surface area (Å²) in [7, 11) is 1.58. The van der Waals surface area contributed by atoms with Crippen molar-refractivity contribution in [1.29, 1.82) is 0 Å². The molecule has 1 fully saturated rings. The Hall–Kier alpha value is -2.89. The van der Waals surface area contributed by atoms with Gasteiger partial charge >= 0.3 is 0 Å². The summed E-state index contributed by atoms with van der Waals surface area (Å²) in [5, 5.41) is 2.88. The van der Waals surface area contributed by atoms with Gasteiger partial charge in [-0.05, 0) is 37.6 Å². The van der Waals surface area contributed by atoms with Gasteiger partial charge in [0.05, 0.1) is 7.11 Å². The van der Waals surface area contributed by atoms with E-state index in [9.17, 15) is 14.0 Å². The maximum Gasteiger partial charge on any atom is 0.254 e. The largest absolute Gasteiger partial charge is 0.496 e. The minimum Gasteiger partial charge on any atom is -0.496 e. The third-order valence-corrected chi connectivity index (χ3v) is 4.86. The van der Waals surface area contributed by atoms with Gasteiger partial charge in [0, 0.05) is 24.2 Å². The van der Waals surface area contributed by atoms with Crippen LogP contribution in [-0.2, 0) is 11.3 Å². The summed E-state index contributed by atoms with van der Waals surface area (Å²) in [5.41, 5.74) is 0.161. The summed E-state index contributed by atoms with van der Waals surface area (Å²) in [6.07, 6.45) is 0.561. The standard InChI is InChI=1S/C20H21FN2O3/c1-20(19(25)22-13-15-6-3-4-9-17(15)26-2)10-11-23(20)18(24)14-7-5-8-16(21)12-14/h3-9,12H,10-11,13H2,1-2H3,(H,22,25). The van der Waals surface area contributed by atoms with Crippen molar-refractivity contribution in [2.75, 3.05) is 13.7 Å². The topological polar surface area (TPSA) is 58.6 Å². The van der Waals surface area contributed by atoms with Crippen molar-refractivity contribution in [3.8, 4) is 5.75 Å². The van der Waals surface area contributed by atoms with Gasteiger partial charge in [0.1, 0.15) is 17.1 Å². The van der Waals surface area contributed by atoms with E-state index in [-0.39, 0.29) is 17.4 Å². The fourth-order valence-corrected chi connectivity index (χ4v) is 3.11. The second-order valence-corrected chi connectivity index (χ2v) is 6.49. The zero-order valence-corrected chi connectivity index (χ0v) is 14.8. The Bertz CT molecular complexity index is 839. The van der Waals surface area contributed by atoms with Crippen LogP contribution in [0.5, 0.6) is 5.75 Å². The van der Waals surface area contributed by atoms with Gasteiger partial charge in [-0.25, -0.2) is 4.39 Å². The van der Waals surface area contributed by atoms with Crippen molar-refractivity contribution in [2.24, 2.45) is 0 Å². The van der Waals surface area contributed by atoms with Crippen LogP contribution in [-0.4, -0.2) is 35.9 Å². The zero-order valence-electron chi connectivity index (χ0n) is 14.8. The summed E-state index contributed by atoms with van der Waals surface area (Å²) >= 11 is 0. The molecule has 1 saturated heterocycles. The van der Waals surface area contributed by atoms with Crippen molar-refractivity contribution in [1.82, 2.24) is 10.2 Å². The molecule has 26 heavy (non-hydrogen) atoms. The Morgan fingerprint density at radius 1 is 1.23 bits per heavy atom. The third-order valence-electron chi connectivity index (χ3n) is 4.86. The van der Waals surface area contributed by atoms with E-state index < -0.39 is 11.4 Å². The molecule has 0 spiro atoms. The summed E-state index contributed by atoms with van der Waals surface area (Å²) < 4.78 is 18.7. The molecule has 1 heterocycles. The molecule has 2 aromatic carbocycles. The lowest BCUT2D eigenvalue weighted by atomic mass is 9.84. The van der Waals surface area contributed by atoms with Crippen molar-refractivity contribution in [3.63, 3.8) is 0 Å². The Morgan fingerprint density at radius 2 is 2.00 bits per heavy atom. The first-order chi connectivity index (χ1) is 12.5. The van der Waals surface area contributed by atoms with Crippen molar-refractivity contribution in [3.05, 3.63) is 65.5 Å². The number of nitrogens with one attached hydrogen (secondary N) is 1. The molecule has 1 aliphatic rings. The highest BCUT2D eigenvalue weighted by Gasteiger charge is 2.49. The molecule has 1 unspecified atom stereocenters. The molecule has 6 heteroatoms. The number of ether oxygens (including phenoxy) is 1. The lowest BCUT2D eigenvalue weighted by molar-refractivity contribution is -0.137. The molecule has 0 radical (unpaired) electrons. The molecule has 1 N–H and O–H groups in total. The molecular weight excluding hydrogens is 335 g/mol. The van der Waals surface area contributed by atoms with Crippen molar-refractivity contribution in [2.45, 2.75) is 25.4 Å². The third kappa shape index (κ3) is 3.27.